The summed E-state index contributed by atoms with van der Waals surface area (Å²) < 4.78 is 11.4. The van der Waals surface area contributed by atoms with Crippen LogP contribution in [0.3, 0.4) is 0 Å². The highest BCUT2D eigenvalue weighted by Gasteiger charge is 2.10. The number of carbonyl (C=O) groups excluding carboxylic acids is 1. The number of nitrogens with one attached hydrogen (secondary N) is 1. The van der Waals surface area contributed by atoms with E-state index in [0.717, 1.165) is 12.8 Å². The minimum Gasteiger partial charge on any atom is -0.490 e. The monoisotopic (exact) mass is 319 g/mol. The third-order valence-electron chi connectivity index (χ3n) is 2.91. The maximum Gasteiger partial charge on any atom is 0.256 e. The number of thiophene rings is 1. The predicted octanol–water partition coefficient (Wildman–Crippen LogP) is 4.58. The van der Waals surface area contributed by atoms with Crippen LogP contribution in [0.2, 0.25) is 0 Å². The molecule has 118 valence electrons. The van der Waals surface area contributed by atoms with Gasteiger partial charge < -0.3 is 14.8 Å². The highest BCUT2D eigenvalue weighted by atomic mass is 32.1. The van der Waals surface area contributed by atoms with Gasteiger partial charge in [-0.2, -0.15) is 11.3 Å². The van der Waals surface area contributed by atoms with E-state index in [1.807, 2.05) is 29.0 Å². The third kappa shape index (κ3) is 4.49. The minimum atomic E-state index is -0.120. The average Bonchev–Trinajstić information content (AvgIpc) is 3.06. The lowest BCUT2D eigenvalue weighted by molar-refractivity contribution is 0.102. The van der Waals surface area contributed by atoms with Gasteiger partial charge in [0.15, 0.2) is 11.5 Å². The summed E-state index contributed by atoms with van der Waals surface area (Å²) in [5, 5.41) is 6.58. The topological polar surface area (TPSA) is 47.6 Å². The van der Waals surface area contributed by atoms with E-state index < -0.39 is 0 Å². The lowest BCUT2D eigenvalue weighted by Gasteiger charge is -2.14. The first-order valence-corrected chi connectivity index (χ1v) is 8.42. The zero-order valence-corrected chi connectivity index (χ0v) is 13.7. The summed E-state index contributed by atoms with van der Waals surface area (Å²) in [7, 11) is 0. The Morgan fingerprint density at radius 2 is 1.82 bits per heavy atom. The molecule has 0 radical (unpaired) electrons. The van der Waals surface area contributed by atoms with Crippen LogP contribution in [0.5, 0.6) is 11.5 Å². The quantitative estimate of drug-likeness (QED) is 0.775. The molecule has 2 rings (SSSR count). The fourth-order valence-corrected chi connectivity index (χ4v) is 2.47. The van der Waals surface area contributed by atoms with Gasteiger partial charge in [-0.15, -0.1) is 0 Å². The number of anilines is 1. The van der Waals surface area contributed by atoms with Crippen molar-refractivity contribution in [3.8, 4) is 11.5 Å². The zero-order chi connectivity index (χ0) is 15.8. The molecule has 2 aromatic rings. The average molecular weight is 319 g/mol. The molecule has 1 amide bonds. The van der Waals surface area contributed by atoms with Gasteiger partial charge in [-0.3, -0.25) is 4.79 Å². The lowest BCUT2D eigenvalue weighted by atomic mass is 10.2. The number of rotatable bonds is 8. The van der Waals surface area contributed by atoms with Crippen LogP contribution in [-0.4, -0.2) is 19.1 Å². The summed E-state index contributed by atoms with van der Waals surface area (Å²) in [6.07, 6.45) is 1.85. The summed E-state index contributed by atoms with van der Waals surface area (Å²) in [6.45, 7) is 5.37. The van der Waals surface area contributed by atoms with Crippen molar-refractivity contribution in [2.75, 3.05) is 18.5 Å². The molecule has 1 heterocycles. The Morgan fingerprint density at radius 3 is 2.45 bits per heavy atom. The van der Waals surface area contributed by atoms with Crippen molar-refractivity contribution >= 4 is 22.9 Å². The molecule has 0 fully saturated rings. The molecular weight excluding hydrogens is 298 g/mol. The van der Waals surface area contributed by atoms with Crippen LogP contribution < -0.4 is 14.8 Å². The van der Waals surface area contributed by atoms with Crippen LogP contribution >= 0.6 is 11.3 Å². The third-order valence-corrected chi connectivity index (χ3v) is 3.59. The van der Waals surface area contributed by atoms with E-state index in [1.54, 1.807) is 6.07 Å². The Hall–Kier alpha value is -2.01. The fraction of sp³-hybridized carbons (Fsp3) is 0.353. The van der Waals surface area contributed by atoms with E-state index in [0.29, 0.717) is 36.0 Å². The highest BCUT2D eigenvalue weighted by Crippen LogP contribution is 2.31. The van der Waals surface area contributed by atoms with Crippen LogP contribution in [0.25, 0.3) is 0 Å². The van der Waals surface area contributed by atoms with E-state index in [9.17, 15) is 4.79 Å². The second-order valence-corrected chi connectivity index (χ2v) is 5.60. The number of carbonyl (C=O) groups is 1. The molecule has 0 bridgehead atoms. The van der Waals surface area contributed by atoms with Crippen LogP contribution in [0, 0.1) is 0 Å². The Morgan fingerprint density at radius 1 is 1.09 bits per heavy atom. The minimum absolute atomic E-state index is 0.120. The molecule has 22 heavy (non-hydrogen) atoms. The van der Waals surface area contributed by atoms with Crippen LogP contribution in [-0.2, 0) is 0 Å². The van der Waals surface area contributed by atoms with E-state index in [-0.39, 0.29) is 5.91 Å². The molecule has 0 spiro atoms. The van der Waals surface area contributed by atoms with Gasteiger partial charge >= 0.3 is 0 Å². The molecule has 0 saturated heterocycles. The van der Waals surface area contributed by atoms with Crippen molar-refractivity contribution in [1.29, 1.82) is 0 Å². The molecule has 1 aromatic carbocycles. The Labute approximate surface area is 135 Å². The molecule has 0 aliphatic heterocycles. The smallest absolute Gasteiger partial charge is 0.256 e. The normalized spacial score (nSPS) is 10.3. The maximum absolute atomic E-state index is 12.1. The maximum atomic E-state index is 12.1. The van der Waals surface area contributed by atoms with Gasteiger partial charge in [-0.05, 0) is 36.4 Å². The van der Waals surface area contributed by atoms with Crippen molar-refractivity contribution in [3.63, 3.8) is 0 Å². The van der Waals surface area contributed by atoms with Crippen LogP contribution in [0.1, 0.15) is 37.0 Å². The van der Waals surface area contributed by atoms with Gasteiger partial charge in [0.25, 0.3) is 5.91 Å². The van der Waals surface area contributed by atoms with Gasteiger partial charge in [-0.1, -0.05) is 13.8 Å². The van der Waals surface area contributed by atoms with Crippen molar-refractivity contribution in [2.45, 2.75) is 26.7 Å². The van der Waals surface area contributed by atoms with E-state index in [1.165, 1.54) is 11.3 Å². The second-order valence-electron chi connectivity index (χ2n) is 4.82. The summed E-state index contributed by atoms with van der Waals surface area (Å²) in [5.74, 6) is 1.26. The van der Waals surface area contributed by atoms with Gasteiger partial charge in [-0.25, -0.2) is 0 Å². The standard InChI is InChI=1S/C17H21NO3S/c1-3-8-20-15-6-5-14(11-16(15)21-9-4-2)18-17(19)13-7-10-22-12-13/h5-7,10-12H,3-4,8-9H2,1-2H3,(H,18,19). The second kappa shape index (κ2) is 8.44. The summed E-state index contributed by atoms with van der Waals surface area (Å²) in [6, 6.07) is 7.27. The molecule has 4 nitrogen and oxygen atoms in total. The van der Waals surface area contributed by atoms with Crippen LogP contribution in [0.15, 0.2) is 35.0 Å². The van der Waals surface area contributed by atoms with Gasteiger partial charge in [0.1, 0.15) is 0 Å². The van der Waals surface area contributed by atoms with Crippen LogP contribution in [0.4, 0.5) is 5.69 Å². The number of amides is 1. The zero-order valence-electron chi connectivity index (χ0n) is 12.9. The molecule has 0 aliphatic rings. The summed E-state index contributed by atoms with van der Waals surface area (Å²) in [5.41, 5.74) is 1.36. The predicted molar refractivity (Wildman–Crippen MR) is 90.3 cm³/mol. The van der Waals surface area contributed by atoms with Crippen molar-refractivity contribution < 1.29 is 14.3 Å². The lowest BCUT2D eigenvalue weighted by Crippen LogP contribution is -2.11. The molecular formula is C17H21NO3S. The van der Waals surface area contributed by atoms with Crippen molar-refractivity contribution in [3.05, 3.63) is 40.6 Å². The number of hydrogen-bond donors (Lipinski definition) is 1. The Balaban J connectivity index is 2.12. The Kier molecular flexibility index (Phi) is 6.27. The number of benzene rings is 1. The molecule has 0 unspecified atom stereocenters. The van der Waals surface area contributed by atoms with Crippen molar-refractivity contribution in [1.82, 2.24) is 0 Å². The first-order valence-electron chi connectivity index (χ1n) is 7.47. The Bertz CT molecular complexity index is 596. The molecule has 0 saturated carbocycles. The molecule has 0 aliphatic carbocycles. The van der Waals surface area contributed by atoms with Gasteiger partial charge in [0.2, 0.25) is 0 Å². The van der Waals surface area contributed by atoms with Gasteiger partial charge in [0, 0.05) is 17.1 Å². The van der Waals surface area contributed by atoms with Crippen molar-refractivity contribution in [2.24, 2.45) is 0 Å². The van der Waals surface area contributed by atoms with Gasteiger partial charge in [0.05, 0.1) is 18.8 Å². The first kappa shape index (κ1) is 16.4. The van der Waals surface area contributed by atoms with E-state index in [4.69, 9.17) is 9.47 Å². The number of hydrogen-bond acceptors (Lipinski definition) is 4. The highest BCUT2D eigenvalue weighted by molar-refractivity contribution is 7.08. The fourth-order valence-electron chi connectivity index (χ4n) is 1.84. The SMILES string of the molecule is CCCOc1ccc(NC(=O)c2ccsc2)cc1OCCC. The summed E-state index contributed by atoms with van der Waals surface area (Å²) >= 11 is 1.50. The largest absolute Gasteiger partial charge is 0.490 e. The summed E-state index contributed by atoms with van der Waals surface area (Å²) in [4.78, 5) is 12.1. The first-order chi connectivity index (χ1) is 10.7. The van der Waals surface area contributed by atoms with E-state index >= 15 is 0 Å². The van der Waals surface area contributed by atoms with E-state index in [2.05, 4.69) is 19.2 Å². The molecule has 0 atom stereocenters. The number of ether oxygens (including phenoxy) is 2. The molecule has 1 aromatic heterocycles. The molecule has 1 N–H and O–H groups in total. The molecule has 5 heteroatoms.